The molecule has 0 aliphatic rings. The third-order valence-corrected chi connectivity index (χ3v) is 2.18. The third kappa shape index (κ3) is 2.34. The van der Waals surface area contributed by atoms with Crippen LogP contribution in [-0.4, -0.2) is 32.3 Å². The van der Waals surface area contributed by atoms with Crippen LogP contribution in [0.1, 0.15) is 17.5 Å². The number of rotatable bonds is 3. The van der Waals surface area contributed by atoms with Crippen LogP contribution in [0.4, 0.5) is 4.39 Å². The van der Waals surface area contributed by atoms with Crippen molar-refractivity contribution in [2.45, 2.75) is 6.92 Å². The summed E-state index contributed by atoms with van der Waals surface area (Å²) >= 11 is 0. The maximum Gasteiger partial charge on any atom is 0.378 e. The summed E-state index contributed by atoms with van der Waals surface area (Å²) in [4.78, 5) is 19.4. The first kappa shape index (κ1) is 12.2. The molecule has 0 aromatic carbocycles. The lowest BCUT2D eigenvalue weighted by molar-refractivity contribution is 0.0512. The zero-order valence-corrected chi connectivity index (χ0v) is 9.92. The van der Waals surface area contributed by atoms with Gasteiger partial charge in [0.2, 0.25) is 0 Å². The molecular weight excluding hydrogens is 239 g/mol. The first-order valence-electron chi connectivity index (χ1n) is 5.32. The highest BCUT2D eigenvalue weighted by atomic mass is 19.1. The number of halogens is 1. The van der Waals surface area contributed by atoms with Crippen LogP contribution in [0.5, 0.6) is 0 Å². The summed E-state index contributed by atoms with van der Waals surface area (Å²) in [5.74, 6) is -0.702. The average Bonchev–Trinajstić information content (AvgIpc) is 2.73. The van der Waals surface area contributed by atoms with Gasteiger partial charge in [0.25, 0.3) is 5.82 Å². The molecule has 0 unspecified atom stereocenters. The second kappa shape index (κ2) is 4.91. The molecule has 2 aromatic rings. The second-order valence-corrected chi connectivity index (χ2v) is 3.46. The average molecular weight is 250 g/mol. The Kier molecular flexibility index (Phi) is 3.31. The van der Waals surface area contributed by atoms with Gasteiger partial charge in [-0.2, -0.15) is 4.98 Å². The molecule has 6 nitrogen and oxygen atoms in total. The van der Waals surface area contributed by atoms with Crippen molar-refractivity contribution in [3.8, 4) is 11.5 Å². The summed E-state index contributed by atoms with van der Waals surface area (Å²) in [5, 5.41) is 3.93. The van der Waals surface area contributed by atoms with Crippen LogP contribution in [0.25, 0.3) is 11.5 Å². The highest BCUT2D eigenvalue weighted by Gasteiger charge is 2.17. The van der Waals surface area contributed by atoms with Gasteiger partial charge in [0.15, 0.2) is 5.82 Å². The normalized spacial score (nSPS) is 10.4. The van der Waals surface area contributed by atoms with Crippen LogP contribution in [0.15, 0.2) is 18.3 Å². The van der Waals surface area contributed by atoms with Crippen molar-refractivity contribution in [3.63, 3.8) is 0 Å². The monoisotopic (exact) mass is 250 g/mol. The van der Waals surface area contributed by atoms with E-state index in [2.05, 4.69) is 15.1 Å². The van der Waals surface area contributed by atoms with Crippen molar-refractivity contribution >= 4 is 5.97 Å². The van der Waals surface area contributed by atoms with Crippen LogP contribution in [0.2, 0.25) is 0 Å². The molecular formula is C11H11FN4O2. The molecule has 94 valence electrons. The van der Waals surface area contributed by atoms with E-state index in [9.17, 15) is 9.18 Å². The maximum absolute atomic E-state index is 12.8. The number of carbonyl (C=O) groups is 1. The van der Waals surface area contributed by atoms with Gasteiger partial charge in [-0.3, -0.25) is 0 Å². The number of aryl methyl sites for hydroxylation is 1. The van der Waals surface area contributed by atoms with Crippen LogP contribution < -0.4 is 0 Å². The fraction of sp³-hybridized carbons (Fsp3) is 0.273. The van der Waals surface area contributed by atoms with Crippen molar-refractivity contribution in [3.05, 3.63) is 30.0 Å². The van der Waals surface area contributed by atoms with Crippen molar-refractivity contribution in [2.24, 2.45) is 7.05 Å². The topological polar surface area (TPSA) is 69.9 Å². The Bertz CT molecular complexity index is 565. The first-order chi connectivity index (χ1) is 8.61. The van der Waals surface area contributed by atoms with Gasteiger partial charge in [-0.15, -0.1) is 5.10 Å². The molecule has 0 aliphatic carbocycles. The lowest BCUT2D eigenvalue weighted by Gasteiger charge is -1.97. The highest BCUT2D eigenvalue weighted by Crippen LogP contribution is 2.14. The molecule has 0 N–H and O–H groups in total. The zero-order valence-electron chi connectivity index (χ0n) is 9.92. The molecule has 7 heteroatoms. The summed E-state index contributed by atoms with van der Waals surface area (Å²) in [7, 11) is 1.62. The minimum atomic E-state index is -0.596. The molecule has 2 heterocycles. The van der Waals surface area contributed by atoms with Crippen LogP contribution in [-0.2, 0) is 11.8 Å². The van der Waals surface area contributed by atoms with Gasteiger partial charge in [0.05, 0.1) is 12.8 Å². The zero-order chi connectivity index (χ0) is 13.1. The summed E-state index contributed by atoms with van der Waals surface area (Å²) in [6, 6.07) is 2.73. The molecule has 0 spiro atoms. The van der Waals surface area contributed by atoms with Gasteiger partial charge in [-0.1, -0.05) is 0 Å². The molecule has 0 radical (unpaired) electrons. The number of pyridine rings is 1. The quantitative estimate of drug-likeness (QED) is 0.765. The number of ether oxygens (including phenoxy) is 1. The third-order valence-electron chi connectivity index (χ3n) is 2.18. The van der Waals surface area contributed by atoms with Gasteiger partial charge >= 0.3 is 5.97 Å². The van der Waals surface area contributed by atoms with Crippen LogP contribution >= 0.6 is 0 Å². The second-order valence-electron chi connectivity index (χ2n) is 3.46. The van der Waals surface area contributed by atoms with E-state index in [-0.39, 0.29) is 12.4 Å². The molecule has 0 aliphatic heterocycles. The van der Waals surface area contributed by atoms with Gasteiger partial charge < -0.3 is 4.74 Å². The van der Waals surface area contributed by atoms with Gasteiger partial charge in [0, 0.05) is 7.05 Å². The first-order valence-corrected chi connectivity index (χ1v) is 5.32. The lowest BCUT2D eigenvalue weighted by Crippen LogP contribution is -2.07. The van der Waals surface area contributed by atoms with Crippen molar-refractivity contribution in [2.75, 3.05) is 6.61 Å². The number of aromatic nitrogens is 4. The Morgan fingerprint density at radius 3 is 2.89 bits per heavy atom. The Hall–Kier alpha value is -2.31. The molecule has 0 saturated carbocycles. The fourth-order valence-corrected chi connectivity index (χ4v) is 1.40. The van der Waals surface area contributed by atoms with E-state index in [4.69, 9.17) is 4.74 Å². The van der Waals surface area contributed by atoms with E-state index < -0.39 is 11.8 Å². The number of esters is 1. The van der Waals surface area contributed by atoms with E-state index in [1.807, 2.05) is 0 Å². The lowest BCUT2D eigenvalue weighted by atomic mass is 10.3. The number of hydrogen-bond acceptors (Lipinski definition) is 5. The SMILES string of the molecule is CCOC(=O)c1nc(-c2ccc(F)cn2)n(C)n1. The number of nitrogens with zero attached hydrogens (tertiary/aromatic N) is 4. The van der Waals surface area contributed by atoms with Gasteiger partial charge in [-0.05, 0) is 19.1 Å². The Balaban J connectivity index is 2.34. The van der Waals surface area contributed by atoms with Crippen LogP contribution in [0.3, 0.4) is 0 Å². The van der Waals surface area contributed by atoms with E-state index in [1.54, 1.807) is 14.0 Å². The Morgan fingerprint density at radius 2 is 2.28 bits per heavy atom. The predicted molar refractivity (Wildman–Crippen MR) is 60.1 cm³/mol. The molecule has 0 saturated heterocycles. The number of hydrogen-bond donors (Lipinski definition) is 0. The van der Waals surface area contributed by atoms with E-state index in [0.29, 0.717) is 11.5 Å². The molecule has 2 rings (SSSR count). The molecule has 0 atom stereocenters. The smallest absolute Gasteiger partial charge is 0.378 e. The largest absolute Gasteiger partial charge is 0.460 e. The van der Waals surface area contributed by atoms with Crippen molar-refractivity contribution in [1.82, 2.24) is 19.7 Å². The fourth-order valence-electron chi connectivity index (χ4n) is 1.40. The summed E-state index contributed by atoms with van der Waals surface area (Å²) < 4.78 is 18.9. The molecule has 18 heavy (non-hydrogen) atoms. The molecule has 2 aromatic heterocycles. The minimum absolute atomic E-state index is 0.0412. The minimum Gasteiger partial charge on any atom is -0.460 e. The van der Waals surface area contributed by atoms with E-state index in [0.717, 1.165) is 6.20 Å². The van der Waals surface area contributed by atoms with E-state index >= 15 is 0 Å². The van der Waals surface area contributed by atoms with Crippen molar-refractivity contribution < 1.29 is 13.9 Å². The Morgan fingerprint density at radius 1 is 1.50 bits per heavy atom. The molecule has 0 amide bonds. The highest BCUT2D eigenvalue weighted by molar-refractivity contribution is 5.85. The van der Waals surface area contributed by atoms with E-state index in [1.165, 1.54) is 16.8 Å². The molecule has 0 fully saturated rings. The standard InChI is InChI=1S/C11H11FN4O2/c1-3-18-11(17)9-14-10(16(2)15-9)8-5-4-7(12)6-13-8/h4-6H,3H2,1-2H3. The Labute approximate surface area is 102 Å². The van der Waals surface area contributed by atoms with Gasteiger partial charge in [0.1, 0.15) is 11.5 Å². The molecule has 0 bridgehead atoms. The summed E-state index contributed by atoms with van der Waals surface area (Å²) in [6.45, 7) is 1.95. The van der Waals surface area contributed by atoms with Crippen molar-refractivity contribution in [1.29, 1.82) is 0 Å². The summed E-state index contributed by atoms with van der Waals surface area (Å²) in [6.07, 6.45) is 1.08. The maximum atomic E-state index is 12.8. The van der Waals surface area contributed by atoms with Gasteiger partial charge in [-0.25, -0.2) is 18.9 Å². The summed E-state index contributed by atoms with van der Waals surface area (Å²) in [5.41, 5.74) is 0.432. The number of carbonyl (C=O) groups excluding carboxylic acids is 1. The predicted octanol–water partition coefficient (Wildman–Crippen LogP) is 1.19. The van der Waals surface area contributed by atoms with Crippen LogP contribution in [0, 0.1) is 5.82 Å².